The quantitative estimate of drug-likeness (QED) is 0.139. The van der Waals surface area contributed by atoms with Crippen molar-refractivity contribution in [1.82, 2.24) is 0 Å². The van der Waals surface area contributed by atoms with E-state index in [1.807, 2.05) is 13.8 Å². The third kappa shape index (κ3) is 17.8. The van der Waals surface area contributed by atoms with Gasteiger partial charge in [0.15, 0.2) is 0 Å². The molecule has 0 amide bonds. The standard InChI is InChI=1S/C26H50O4/c1-5-7-22-29-24(27)20-18-16-14-12-10-9-11-13-15-17-19-21-26(3,4)25(28)30-23-8-6-2/h5-23H2,1-4H3. The minimum atomic E-state index is -0.347. The topological polar surface area (TPSA) is 52.6 Å². The predicted octanol–water partition coefficient (Wildman–Crippen LogP) is 7.77. The van der Waals surface area contributed by atoms with Gasteiger partial charge in [0, 0.05) is 6.42 Å². The van der Waals surface area contributed by atoms with Gasteiger partial charge in [0.05, 0.1) is 18.6 Å². The first-order chi connectivity index (χ1) is 14.4. The Hall–Kier alpha value is -1.06. The van der Waals surface area contributed by atoms with Crippen LogP contribution in [0.15, 0.2) is 0 Å². The van der Waals surface area contributed by atoms with Gasteiger partial charge in [-0.2, -0.15) is 0 Å². The van der Waals surface area contributed by atoms with Crippen molar-refractivity contribution in [2.24, 2.45) is 5.41 Å². The van der Waals surface area contributed by atoms with Crippen LogP contribution in [-0.2, 0) is 19.1 Å². The number of rotatable bonds is 21. The number of esters is 2. The van der Waals surface area contributed by atoms with Gasteiger partial charge in [-0.15, -0.1) is 0 Å². The predicted molar refractivity (Wildman–Crippen MR) is 126 cm³/mol. The number of unbranched alkanes of at least 4 members (excludes halogenated alkanes) is 12. The summed E-state index contributed by atoms with van der Waals surface area (Å²) in [6.45, 7) is 9.37. The molecule has 0 radical (unpaired) electrons. The lowest BCUT2D eigenvalue weighted by atomic mass is 9.87. The first-order valence-corrected chi connectivity index (χ1v) is 12.8. The van der Waals surface area contributed by atoms with E-state index in [9.17, 15) is 9.59 Å². The van der Waals surface area contributed by atoms with E-state index in [0.29, 0.717) is 19.6 Å². The first kappa shape index (κ1) is 28.9. The zero-order valence-corrected chi connectivity index (χ0v) is 20.6. The Bertz CT molecular complexity index is 417. The van der Waals surface area contributed by atoms with E-state index in [0.717, 1.165) is 51.4 Å². The fourth-order valence-electron chi connectivity index (χ4n) is 3.44. The molecule has 178 valence electrons. The summed E-state index contributed by atoms with van der Waals surface area (Å²) in [5.74, 6) is -0.0652. The fraction of sp³-hybridized carbons (Fsp3) is 0.923. The normalized spacial score (nSPS) is 11.5. The molecule has 4 nitrogen and oxygen atoms in total. The molecule has 0 fully saturated rings. The molecular weight excluding hydrogens is 376 g/mol. The third-order valence-electron chi connectivity index (χ3n) is 5.73. The van der Waals surface area contributed by atoms with Crippen molar-refractivity contribution in [3.8, 4) is 0 Å². The molecule has 0 aromatic carbocycles. The Morgan fingerprint density at radius 3 is 1.53 bits per heavy atom. The van der Waals surface area contributed by atoms with Crippen LogP contribution in [0.3, 0.4) is 0 Å². The van der Waals surface area contributed by atoms with Gasteiger partial charge in [-0.3, -0.25) is 9.59 Å². The SMILES string of the molecule is CCCCOC(=O)CCCCCCCCCCCCCC(C)(C)C(=O)OCCCC. The molecule has 0 aliphatic heterocycles. The summed E-state index contributed by atoms with van der Waals surface area (Å²) in [5, 5.41) is 0. The number of ether oxygens (including phenoxy) is 2. The maximum Gasteiger partial charge on any atom is 0.311 e. The second-order valence-electron chi connectivity index (χ2n) is 9.34. The van der Waals surface area contributed by atoms with Crippen LogP contribution in [0.5, 0.6) is 0 Å². The monoisotopic (exact) mass is 426 g/mol. The van der Waals surface area contributed by atoms with E-state index >= 15 is 0 Å². The van der Waals surface area contributed by atoms with E-state index < -0.39 is 0 Å². The van der Waals surface area contributed by atoms with Crippen molar-refractivity contribution in [2.45, 2.75) is 137 Å². The van der Waals surface area contributed by atoms with Gasteiger partial charge in [0.25, 0.3) is 0 Å². The molecule has 4 heteroatoms. The smallest absolute Gasteiger partial charge is 0.311 e. The Morgan fingerprint density at radius 2 is 1.03 bits per heavy atom. The summed E-state index contributed by atoms with van der Waals surface area (Å²) in [6.07, 6.45) is 19.0. The van der Waals surface area contributed by atoms with E-state index in [1.165, 1.54) is 51.4 Å². The number of carbonyl (C=O) groups is 2. The highest BCUT2D eigenvalue weighted by Crippen LogP contribution is 2.26. The van der Waals surface area contributed by atoms with Crippen molar-refractivity contribution in [3.05, 3.63) is 0 Å². The molecule has 0 saturated carbocycles. The zero-order chi connectivity index (χ0) is 22.5. The van der Waals surface area contributed by atoms with Gasteiger partial charge in [-0.25, -0.2) is 0 Å². The van der Waals surface area contributed by atoms with E-state index in [4.69, 9.17) is 9.47 Å². The van der Waals surface area contributed by atoms with E-state index in [1.54, 1.807) is 0 Å². The van der Waals surface area contributed by atoms with Gasteiger partial charge < -0.3 is 9.47 Å². The number of hydrogen-bond donors (Lipinski definition) is 0. The van der Waals surface area contributed by atoms with Crippen LogP contribution in [0.25, 0.3) is 0 Å². The maximum atomic E-state index is 12.1. The van der Waals surface area contributed by atoms with Gasteiger partial charge >= 0.3 is 11.9 Å². The van der Waals surface area contributed by atoms with Crippen LogP contribution in [0, 0.1) is 5.41 Å². The molecule has 0 atom stereocenters. The molecule has 0 heterocycles. The van der Waals surface area contributed by atoms with Crippen LogP contribution in [0.1, 0.15) is 137 Å². The Kier molecular flexibility index (Phi) is 19.2. The van der Waals surface area contributed by atoms with Gasteiger partial charge in [0.2, 0.25) is 0 Å². The zero-order valence-electron chi connectivity index (χ0n) is 20.6. The van der Waals surface area contributed by atoms with Crippen LogP contribution >= 0.6 is 0 Å². The molecule has 0 aromatic heterocycles. The van der Waals surface area contributed by atoms with Crippen molar-refractivity contribution >= 4 is 11.9 Å². The van der Waals surface area contributed by atoms with Gasteiger partial charge in [-0.05, 0) is 39.5 Å². The van der Waals surface area contributed by atoms with Crippen molar-refractivity contribution in [1.29, 1.82) is 0 Å². The molecule has 0 bridgehead atoms. The molecule has 0 unspecified atom stereocenters. The molecule has 0 aromatic rings. The molecular formula is C26H50O4. The average molecular weight is 427 g/mol. The van der Waals surface area contributed by atoms with Crippen LogP contribution < -0.4 is 0 Å². The average Bonchev–Trinajstić information content (AvgIpc) is 2.71. The van der Waals surface area contributed by atoms with Crippen molar-refractivity contribution in [3.63, 3.8) is 0 Å². The number of hydrogen-bond acceptors (Lipinski definition) is 4. The summed E-state index contributed by atoms with van der Waals surface area (Å²) in [7, 11) is 0. The lowest BCUT2D eigenvalue weighted by Crippen LogP contribution is -2.27. The fourth-order valence-corrected chi connectivity index (χ4v) is 3.44. The minimum Gasteiger partial charge on any atom is -0.466 e. The molecule has 0 aliphatic carbocycles. The summed E-state index contributed by atoms with van der Waals surface area (Å²) >= 11 is 0. The molecule has 0 N–H and O–H groups in total. The Morgan fingerprint density at radius 1 is 0.600 bits per heavy atom. The summed E-state index contributed by atoms with van der Waals surface area (Å²) in [4.78, 5) is 23.6. The summed E-state index contributed by atoms with van der Waals surface area (Å²) < 4.78 is 10.5. The van der Waals surface area contributed by atoms with Crippen LogP contribution in [0.4, 0.5) is 0 Å². The molecule has 0 rings (SSSR count). The maximum absolute atomic E-state index is 12.1. The number of carbonyl (C=O) groups excluding carboxylic acids is 2. The minimum absolute atomic E-state index is 0.0276. The first-order valence-electron chi connectivity index (χ1n) is 12.8. The lowest BCUT2D eigenvalue weighted by Gasteiger charge is -2.22. The van der Waals surface area contributed by atoms with Gasteiger partial charge in [0.1, 0.15) is 0 Å². The highest BCUT2D eigenvalue weighted by molar-refractivity contribution is 5.75. The van der Waals surface area contributed by atoms with Crippen molar-refractivity contribution in [2.75, 3.05) is 13.2 Å². The largest absolute Gasteiger partial charge is 0.466 e. The van der Waals surface area contributed by atoms with Crippen LogP contribution in [0.2, 0.25) is 0 Å². The molecule has 0 saturated heterocycles. The second kappa shape index (κ2) is 19.9. The van der Waals surface area contributed by atoms with Crippen LogP contribution in [-0.4, -0.2) is 25.2 Å². The van der Waals surface area contributed by atoms with E-state index in [2.05, 4.69) is 13.8 Å². The Labute approximate surface area is 186 Å². The molecule has 0 aliphatic rings. The third-order valence-corrected chi connectivity index (χ3v) is 5.73. The highest BCUT2D eigenvalue weighted by Gasteiger charge is 2.28. The second-order valence-corrected chi connectivity index (χ2v) is 9.34. The van der Waals surface area contributed by atoms with E-state index in [-0.39, 0.29) is 17.4 Å². The van der Waals surface area contributed by atoms with Crippen molar-refractivity contribution < 1.29 is 19.1 Å². The summed E-state index contributed by atoms with van der Waals surface area (Å²) in [6, 6.07) is 0. The molecule has 30 heavy (non-hydrogen) atoms. The lowest BCUT2D eigenvalue weighted by molar-refractivity contribution is -0.154. The van der Waals surface area contributed by atoms with Gasteiger partial charge in [-0.1, -0.05) is 90.9 Å². The Balaban J connectivity index is 3.40. The summed E-state index contributed by atoms with van der Waals surface area (Å²) in [5.41, 5.74) is -0.347. The molecule has 0 spiro atoms. The highest BCUT2D eigenvalue weighted by atomic mass is 16.5.